The predicted molar refractivity (Wildman–Crippen MR) is 143 cm³/mol. The number of hydrogen-bond donors (Lipinski definition) is 2. The first-order valence-electron chi connectivity index (χ1n) is 11.9. The summed E-state index contributed by atoms with van der Waals surface area (Å²) >= 11 is 1.52. The number of carbonyl (C=O) groups excluding carboxylic acids is 1. The van der Waals surface area contributed by atoms with Crippen LogP contribution < -0.4 is 19.7 Å². The number of morpholine rings is 1. The SMILES string of the molecule is COc1ncc2cc1NS(=O)(=O)c1cccc(c1)C(=O)NC[C@@H]1CN(CCO1)c1ncnc3c(C)c-2sc13. The maximum absolute atomic E-state index is 13.3. The number of aryl methyl sites for hydroxylation is 1. The Morgan fingerprint density at radius 2 is 2.05 bits per heavy atom. The minimum Gasteiger partial charge on any atom is -0.480 e. The molecule has 1 aromatic carbocycles. The summed E-state index contributed by atoms with van der Waals surface area (Å²) in [6.07, 6.45) is 2.93. The van der Waals surface area contributed by atoms with E-state index in [1.807, 2.05) is 6.92 Å². The molecule has 1 saturated heterocycles. The molecule has 6 rings (SSSR count). The molecule has 2 N–H and O–H groups in total. The fourth-order valence-electron chi connectivity index (χ4n) is 4.68. The Balaban J connectivity index is 1.54. The first-order chi connectivity index (χ1) is 18.3. The minimum atomic E-state index is -4.07. The number of methoxy groups -OCH3 is 1. The van der Waals surface area contributed by atoms with Gasteiger partial charge in [-0.3, -0.25) is 9.52 Å². The summed E-state index contributed by atoms with van der Waals surface area (Å²) in [6, 6.07) is 7.56. The van der Waals surface area contributed by atoms with Crippen molar-refractivity contribution in [2.45, 2.75) is 17.9 Å². The standard InChI is InChI=1S/C25H24N6O5S2/c1-14-20-22-23(29-13-28-20)31-6-7-36-17(12-31)11-26-24(32)15-4-3-5-18(8-15)38(33,34)30-19-9-16(21(14)37-22)10-27-25(19)35-2/h3-5,8-10,13,17,30H,6-7,11-12H2,1-2H3,(H,26,32)/t17-/m1/s1. The van der Waals surface area contributed by atoms with E-state index >= 15 is 0 Å². The van der Waals surface area contributed by atoms with Crippen molar-refractivity contribution in [1.29, 1.82) is 0 Å². The molecule has 3 aromatic heterocycles. The number of aromatic nitrogens is 3. The maximum atomic E-state index is 13.3. The van der Waals surface area contributed by atoms with Gasteiger partial charge >= 0.3 is 0 Å². The molecule has 13 heteroatoms. The van der Waals surface area contributed by atoms with Gasteiger partial charge in [0.05, 0.1) is 34.9 Å². The third kappa shape index (κ3) is 4.31. The molecule has 0 unspecified atom stereocenters. The molecule has 1 fully saturated rings. The van der Waals surface area contributed by atoms with Gasteiger partial charge in [0.2, 0.25) is 5.88 Å². The second kappa shape index (κ2) is 9.49. The normalized spacial score (nSPS) is 18.8. The van der Waals surface area contributed by atoms with Gasteiger partial charge in [-0.05, 0) is 36.8 Å². The van der Waals surface area contributed by atoms with Crippen LogP contribution in [0.5, 0.6) is 5.88 Å². The van der Waals surface area contributed by atoms with Crippen LogP contribution >= 0.6 is 11.3 Å². The molecule has 0 saturated carbocycles. The number of rotatable bonds is 1. The van der Waals surface area contributed by atoms with E-state index in [2.05, 4.69) is 29.9 Å². The third-order valence-corrected chi connectivity index (χ3v) is 9.26. The summed E-state index contributed by atoms with van der Waals surface area (Å²) in [4.78, 5) is 29.4. The molecular weight excluding hydrogens is 528 g/mol. The van der Waals surface area contributed by atoms with Crippen molar-refractivity contribution in [2.75, 3.05) is 43.0 Å². The van der Waals surface area contributed by atoms with Gasteiger partial charge < -0.3 is 19.7 Å². The van der Waals surface area contributed by atoms with E-state index < -0.39 is 15.9 Å². The summed E-state index contributed by atoms with van der Waals surface area (Å²) < 4.78 is 41.4. The molecule has 2 aliphatic rings. The average molecular weight is 553 g/mol. The monoisotopic (exact) mass is 552 g/mol. The van der Waals surface area contributed by atoms with E-state index in [1.54, 1.807) is 24.7 Å². The fraction of sp³-hybridized carbons (Fsp3) is 0.280. The molecule has 8 bridgehead atoms. The van der Waals surface area contributed by atoms with E-state index in [1.165, 1.54) is 36.6 Å². The molecule has 11 nitrogen and oxygen atoms in total. The Kier molecular flexibility index (Phi) is 6.13. The average Bonchev–Trinajstić information content (AvgIpc) is 3.27. The zero-order valence-electron chi connectivity index (χ0n) is 20.6. The van der Waals surface area contributed by atoms with Crippen LogP contribution in [0.1, 0.15) is 15.9 Å². The maximum Gasteiger partial charge on any atom is 0.262 e. The van der Waals surface area contributed by atoms with Crippen LogP contribution in [0.3, 0.4) is 0 Å². The second-order valence-electron chi connectivity index (χ2n) is 8.99. The Morgan fingerprint density at radius 1 is 1.18 bits per heavy atom. The van der Waals surface area contributed by atoms with E-state index in [-0.39, 0.29) is 34.7 Å². The zero-order valence-corrected chi connectivity index (χ0v) is 22.2. The van der Waals surface area contributed by atoms with Gasteiger partial charge in [0.25, 0.3) is 15.9 Å². The number of anilines is 2. The summed E-state index contributed by atoms with van der Waals surface area (Å²) in [5.74, 6) is 0.525. The topological polar surface area (TPSA) is 136 Å². The van der Waals surface area contributed by atoms with Gasteiger partial charge in [0.15, 0.2) is 0 Å². The van der Waals surface area contributed by atoms with Crippen molar-refractivity contribution in [3.05, 3.63) is 54.0 Å². The lowest BCUT2D eigenvalue weighted by molar-refractivity contribution is 0.0395. The van der Waals surface area contributed by atoms with Gasteiger partial charge in [0.1, 0.15) is 17.8 Å². The Hall–Kier alpha value is -3.81. The van der Waals surface area contributed by atoms with Crippen molar-refractivity contribution < 1.29 is 22.7 Å². The van der Waals surface area contributed by atoms with Crippen molar-refractivity contribution in [2.24, 2.45) is 0 Å². The summed E-state index contributed by atoms with van der Waals surface area (Å²) in [5.41, 5.74) is 2.87. The second-order valence-corrected chi connectivity index (χ2v) is 11.7. The molecule has 196 valence electrons. The number of thiophene rings is 1. The highest BCUT2D eigenvalue weighted by Crippen LogP contribution is 2.42. The van der Waals surface area contributed by atoms with Crippen molar-refractivity contribution in [3.8, 4) is 16.3 Å². The van der Waals surface area contributed by atoms with Crippen molar-refractivity contribution in [3.63, 3.8) is 0 Å². The number of ether oxygens (including phenoxy) is 2. The number of nitrogens with zero attached hydrogens (tertiary/aromatic N) is 4. The smallest absolute Gasteiger partial charge is 0.262 e. The highest BCUT2D eigenvalue weighted by Gasteiger charge is 2.27. The van der Waals surface area contributed by atoms with Crippen LogP contribution in [0, 0.1) is 6.92 Å². The first-order valence-corrected chi connectivity index (χ1v) is 14.2. The molecule has 1 atom stereocenters. The minimum absolute atomic E-state index is 0.0585. The highest BCUT2D eigenvalue weighted by atomic mass is 32.2. The fourth-order valence-corrected chi connectivity index (χ4v) is 7.03. The van der Waals surface area contributed by atoms with E-state index in [0.29, 0.717) is 25.3 Å². The predicted octanol–water partition coefficient (Wildman–Crippen LogP) is 2.82. The van der Waals surface area contributed by atoms with Crippen LogP contribution in [0.4, 0.5) is 11.5 Å². The van der Waals surface area contributed by atoms with Gasteiger partial charge in [0, 0.05) is 41.8 Å². The van der Waals surface area contributed by atoms with Gasteiger partial charge in [-0.2, -0.15) is 0 Å². The molecular formula is C25H24N6O5S2. The van der Waals surface area contributed by atoms with Crippen molar-refractivity contribution >= 4 is 49.0 Å². The van der Waals surface area contributed by atoms with Crippen LogP contribution in [0.2, 0.25) is 0 Å². The van der Waals surface area contributed by atoms with E-state index in [0.717, 1.165) is 26.5 Å². The summed E-state index contributed by atoms with van der Waals surface area (Å²) in [7, 11) is -2.64. The number of fused-ring (bicyclic) bond motifs is 9. The van der Waals surface area contributed by atoms with Crippen molar-refractivity contribution in [1.82, 2.24) is 20.3 Å². The Morgan fingerprint density at radius 3 is 2.89 bits per heavy atom. The summed E-state index contributed by atoms with van der Waals surface area (Å²) in [6.45, 7) is 3.91. The quantitative estimate of drug-likeness (QED) is 0.365. The lowest BCUT2D eigenvalue weighted by Gasteiger charge is -2.34. The Labute approximate surface area is 222 Å². The molecule has 1 amide bonds. The van der Waals surface area contributed by atoms with Gasteiger partial charge in [-0.25, -0.2) is 23.4 Å². The first kappa shape index (κ1) is 24.5. The molecule has 0 radical (unpaired) electrons. The molecule has 5 heterocycles. The van der Waals surface area contributed by atoms with Crippen LogP contribution in [0.25, 0.3) is 20.7 Å². The largest absolute Gasteiger partial charge is 0.480 e. The van der Waals surface area contributed by atoms with Crippen LogP contribution in [0.15, 0.2) is 47.8 Å². The number of pyridine rings is 1. The number of hydrogen-bond acceptors (Lipinski definition) is 10. The van der Waals surface area contributed by atoms with E-state index in [9.17, 15) is 13.2 Å². The molecule has 2 aliphatic heterocycles. The number of amides is 1. The number of nitrogens with one attached hydrogen (secondary N) is 2. The molecule has 4 aromatic rings. The number of carbonyl (C=O) groups is 1. The molecule has 0 aliphatic carbocycles. The van der Waals surface area contributed by atoms with Gasteiger partial charge in [-0.1, -0.05) is 6.07 Å². The number of benzene rings is 1. The molecule has 0 spiro atoms. The third-order valence-electron chi connectivity index (χ3n) is 6.57. The lowest BCUT2D eigenvalue weighted by Crippen LogP contribution is -2.48. The summed E-state index contributed by atoms with van der Waals surface area (Å²) in [5, 5.41) is 2.87. The van der Waals surface area contributed by atoms with Gasteiger partial charge in [-0.15, -0.1) is 11.3 Å². The lowest BCUT2D eigenvalue weighted by atomic mass is 10.1. The van der Waals surface area contributed by atoms with Crippen LogP contribution in [-0.4, -0.2) is 68.7 Å². The zero-order chi connectivity index (χ0) is 26.4. The highest BCUT2D eigenvalue weighted by molar-refractivity contribution is 7.92. The Bertz CT molecular complexity index is 1670. The molecule has 38 heavy (non-hydrogen) atoms. The van der Waals surface area contributed by atoms with Crippen LogP contribution in [-0.2, 0) is 14.8 Å². The van der Waals surface area contributed by atoms with E-state index in [4.69, 9.17) is 9.47 Å². The number of sulfonamides is 1.